The van der Waals surface area contributed by atoms with E-state index in [2.05, 4.69) is 50.7 Å². The fourth-order valence-corrected chi connectivity index (χ4v) is 4.96. The fourth-order valence-electron chi connectivity index (χ4n) is 4.59. The maximum atomic E-state index is 13.2. The van der Waals surface area contributed by atoms with Crippen LogP contribution in [-0.2, 0) is 16.8 Å². The Kier molecular flexibility index (Phi) is 6.77. The third-order valence-corrected chi connectivity index (χ3v) is 6.94. The van der Waals surface area contributed by atoms with Crippen molar-refractivity contribution in [3.63, 3.8) is 0 Å². The predicted molar refractivity (Wildman–Crippen MR) is 142 cm³/mol. The van der Waals surface area contributed by atoms with E-state index in [9.17, 15) is 4.79 Å². The number of hydrogen-bond acceptors (Lipinski definition) is 3. The number of hydrogen-bond donors (Lipinski definition) is 1. The second-order valence-electron chi connectivity index (χ2n) is 8.65. The van der Waals surface area contributed by atoms with E-state index in [1.54, 1.807) is 6.21 Å². The highest BCUT2D eigenvalue weighted by atomic mass is 79.9. The first-order valence-electron chi connectivity index (χ1n) is 11.6. The zero-order valence-corrected chi connectivity index (χ0v) is 20.7. The lowest BCUT2D eigenvalue weighted by Gasteiger charge is -2.18. The van der Waals surface area contributed by atoms with Gasteiger partial charge in [-0.1, -0.05) is 107 Å². The van der Waals surface area contributed by atoms with Crippen LogP contribution in [0.2, 0.25) is 0 Å². The number of halogens is 1. The lowest BCUT2D eigenvalue weighted by molar-refractivity contribution is -0.122. The van der Waals surface area contributed by atoms with Crippen molar-refractivity contribution >= 4 is 28.1 Å². The molecule has 0 spiro atoms. The minimum Gasteiger partial charge on any atom is -0.488 e. The number of nitrogens with one attached hydrogen (secondary N) is 1. The summed E-state index contributed by atoms with van der Waals surface area (Å²) in [6.45, 7) is 0.453. The molecule has 4 nitrogen and oxygen atoms in total. The number of nitrogens with zero attached hydrogens (tertiary/aromatic N) is 1. The Balaban J connectivity index is 1.30. The average Bonchev–Trinajstić information content (AvgIpc) is 3.67. The average molecular weight is 525 g/mol. The van der Waals surface area contributed by atoms with E-state index in [1.807, 2.05) is 84.9 Å². The molecule has 0 radical (unpaired) electrons. The van der Waals surface area contributed by atoms with E-state index in [0.717, 1.165) is 33.1 Å². The van der Waals surface area contributed by atoms with Crippen molar-refractivity contribution in [1.29, 1.82) is 0 Å². The van der Waals surface area contributed by atoms with Crippen LogP contribution in [0.15, 0.2) is 119 Å². The number of amides is 1. The van der Waals surface area contributed by atoms with E-state index in [-0.39, 0.29) is 17.2 Å². The summed E-state index contributed by atoms with van der Waals surface area (Å²) in [5.41, 5.74) is 6.62. The number of benzene rings is 4. The molecule has 1 aliphatic rings. The monoisotopic (exact) mass is 524 g/mol. The third kappa shape index (κ3) is 5.05. The van der Waals surface area contributed by atoms with Gasteiger partial charge in [0.2, 0.25) is 5.91 Å². The normalized spacial score (nSPS) is 16.1. The molecular formula is C30H25BrN2O2. The van der Waals surface area contributed by atoms with Crippen molar-refractivity contribution in [2.24, 2.45) is 11.0 Å². The first-order valence-corrected chi connectivity index (χ1v) is 12.4. The third-order valence-electron chi connectivity index (χ3n) is 6.44. The lowest BCUT2D eigenvalue weighted by Crippen LogP contribution is -2.25. The van der Waals surface area contributed by atoms with Gasteiger partial charge >= 0.3 is 0 Å². The second-order valence-corrected chi connectivity index (χ2v) is 9.57. The maximum Gasteiger partial charge on any atom is 0.244 e. The van der Waals surface area contributed by atoms with E-state index >= 15 is 0 Å². The molecule has 1 saturated carbocycles. The molecule has 5 rings (SSSR count). The van der Waals surface area contributed by atoms with Crippen LogP contribution in [0.5, 0.6) is 5.75 Å². The second kappa shape index (κ2) is 10.3. The van der Waals surface area contributed by atoms with Crippen LogP contribution in [-0.4, -0.2) is 12.1 Å². The Bertz CT molecular complexity index is 1290. The molecule has 1 fully saturated rings. The summed E-state index contributed by atoms with van der Waals surface area (Å²) in [7, 11) is 0. The lowest BCUT2D eigenvalue weighted by atomic mass is 9.85. The predicted octanol–water partition coefficient (Wildman–Crippen LogP) is 6.48. The highest BCUT2D eigenvalue weighted by Gasteiger charge is 2.60. The van der Waals surface area contributed by atoms with Gasteiger partial charge in [-0.05, 0) is 41.3 Å². The molecule has 1 atom stereocenters. The van der Waals surface area contributed by atoms with E-state index in [4.69, 9.17) is 4.74 Å². The van der Waals surface area contributed by atoms with Crippen molar-refractivity contribution in [3.8, 4) is 5.75 Å². The summed E-state index contributed by atoms with van der Waals surface area (Å²) in [5, 5.41) is 4.29. The number of carbonyl (C=O) groups is 1. The van der Waals surface area contributed by atoms with E-state index < -0.39 is 0 Å². The van der Waals surface area contributed by atoms with Gasteiger partial charge in [0.15, 0.2) is 0 Å². The van der Waals surface area contributed by atoms with Gasteiger partial charge in [0.05, 0.1) is 12.1 Å². The summed E-state index contributed by atoms with van der Waals surface area (Å²) >= 11 is 3.51. The van der Waals surface area contributed by atoms with Crippen LogP contribution in [0.25, 0.3) is 0 Å². The molecule has 0 heterocycles. The number of rotatable bonds is 8. The van der Waals surface area contributed by atoms with Crippen LogP contribution in [0, 0.1) is 5.92 Å². The molecule has 1 aliphatic carbocycles. The van der Waals surface area contributed by atoms with Crippen molar-refractivity contribution in [2.45, 2.75) is 18.4 Å². The minimum absolute atomic E-state index is 0.0873. The number of hydrazone groups is 1. The number of ether oxygens (including phenoxy) is 1. The van der Waals surface area contributed by atoms with Crippen molar-refractivity contribution in [3.05, 3.63) is 136 Å². The fraction of sp³-hybridized carbons (Fsp3) is 0.133. The standard InChI is InChI=1S/C30H25BrN2O2/c31-26-16-17-28(35-21-22-10-4-1-5-11-22)23(18-26)20-32-33-29(34)27-19-30(27,24-12-6-2-7-13-24)25-14-8-3-9-15-25/h1-18,20,27H,19,21H2,(H,33,34). The molecular weight excluding hydrogens is 500 g/mol. The summed E-state index contributed by atoms with van der Waals surface area (Å²) < 4.78 is 6.93. The molecule has 0 aliphatic heterocycles. The Morgan fingerprint density at radius 1 is 0.914 bits per heavy atom. The Hall–Kier alpha value is -3.70. The zero-order valence-electron chi connectivity index (χ0n) is 19.1. The van der Waals surface area contributed by atoms with Gasteiger partial charge in [0.25, 0.3) is 0 Å². The van der Waals surface area contributed by atoms with Crippen LogP contribution < -0.4 is 10.2 Å². The van der Waals surface area contributed by atoms with Gasteiger partial charge in [-0.25, -0.2) is 5.43 Å². The quantitative estimate of drug-likeness (QED) is 0.211. The van der Waals surface area contributed by atoms with Crippen molar-refractivity contribution in [1.82, 2.24) is 5.43 Å². The number of carbonyl (C=O) groups excluding carboxylic acids is 1. The molecule has 0 aromatic heterocycles. The molecule has 1 N–H and O–H groups in total. The van der Waals surface area contributed by atoms with Crippen LogP contribution in [0.1, 0.15) is 28.7 Å². The molecule has 0 saturated heterocycles. The largest absolute Gasteiger partial charge is 0.488 e. The minimum atomic E-state index is -0.318. The van der Waals surface area contributed by atoms with Crippen molar-refractivity contribution in [2.75, 3.05) is 0 Å². The Labute approximate surface area is 213 Å². The van der Waals surface area contributed by atoms with E-state index in [1.165, 1.54) is 0 Å². The molecule has 4 aromatic carbocycles. The zero-order chi connectivity index (χ0) is 24.1. The summed E-state index contributed by atoms with van der Waals surface area (Å²) in [6.07, 6.45) is 2.39. The van der Waals surface area contributed by atoms with Gasteiger partial charge in [0, 0.05) is 15.5 Å². The smallest absolute Gasteiger partial charge is 0.244 e. The topological polar surface area (TPSA) is 50.7 Å². The summed E-state index contributed by atoms with van der Waals surface area (Å²) in [5.74, 6) is 0.431. The molecule has 0 bridgehead atoms. The van der Waals surface area contributed by atoms with Crippen molar-refractivity contribution < 1.29 is 9.53 Å². The molecule has 35 heavy (non-hydrogen) atoms. The molecule has 5 heteroatoms. The molecule has 4 aromatic rings. The van der Waals surface area contributed by atoms with Gasteiger partial charge < -0.3 is 4.74 Å². The van der Waals surface area contributed by atoms with Gasteiger partial charge in [-0.2, -0.15) is 5.10 Å². The van der Waals surface area contributed by atoms with Gasteiger partial charge in [-0.15, -0.1) is 0 Å². The first kappa shape index (κ1) is 23.1. The van der Waals surface area contributed by atoms with Crippen LogP contribution in [0.3, 0.4) is 0 Å². The highest BCUT2D eigenvalue weighted by molar-refractivity contribution is 9.10. The molecule has 174 valence electrons. The van der Waals surface area contributed by atoms with Crippen LogP contribution >= 0.6 is 15.9 Å². The van der Waals surface area contributed by atoms with Crippen LogP contribution in [0.4, 0.5) is 0 Å². The summed E-state index contributed by atoms with van der Waals surface area (Å²) in [4.78, 5) is 13.2. The Morgan fingerprint density at radius 3 is 2.14 bits per heavy atom. The Morgan fingerprint density at radius 2 is 1.51 bits per heavy atom. The van der Waals surface area contributed by atoms with Gasteiger partial charge in [-0.3, -0.25) is 4.79 Å². The molecule has 1 amide bonds. The SMILES string of the molecule is O=C(NN=Cc1cc(Br)ccc1OCc1ccccc1)C1CC1(c1ccccc1)c1ccccc1. The maximum absolute atomic E-state index is 13.2. The first-order chi connectivity index (χ1) is 17.2. The molecule has 1 unspecified atom stereocenters. The van der Waals surface area contributed by atoms with Gasteiger partial charge in [0.1, 0.15) is 12.4 Å². The highest BCUT2D eigenvalue weighted by Crippen LogP contribution is 2.58. The van der Waals surface area contributed by atoms with E-state index in [0.29, 0.717) is 12.4 Å². The summed E-state index contributed by atoms with van der Waals surface area (Å²) in [6, 6.07) is 36.2.